The Morgan fingerprint density at radius 1 is 0.792 bits per heavy atom. The van der Waals surface area contributed by atoms with Gasteiger partial charge in [-0.15, -0.1) is 0 Å². The highest BCUT2D eigenvalue weighted by molar-refractivity contribution is 9.10. The number of carbonyl (C=O) groups excluding carboxylic acids is 4. The fourth-order valence-corrected chi connectivity index (χ4v) is 1.61. The van der Waals surface area contributed by atoms with Gasteiger partial charge in [-0.3, -0.25) is 40.9 Å². The number of nitrogens with one attached hydrogen (secondary N) is 4. The average molecular weight is 464 g/mol. The summed E-state index contributed by atoms with van der Waals surface area (Å²) in [5.74, 6) is -1.98. The summed E-state index contributed by atoms with van der Waals surface area (Å²) in [4.78, 5) is 45.7. The topological polar surface area (TPSA) is 116 Å². The molecule has 0 radical (unpaired) electrons. The monoisotopic (exact) mass is 462 g/mol. The van der Waals surface area contributed by atoms with Crippen molar-refractivity contribution >= 4 is 55.5 Å². The Hall–Kier alpha value is -1.94. The third-order valence-electron chi connectivity index (χ3n) is 2.71. The summed E-state index contributed by atoms with van der Waals surface area (Å²) in [7, 11) is 0. The van der Waals surface area contributed by atoms with E-state index in [0.717, 1.165) is 0 Å². The van der Waals surface area contributed by atoms with Crippen LogP contribution in [0.3, 0.4) is 0 Å². The van der Waals surface area contributed by atoms with Crippen molar-refractivity contribution in [3.8, 4) is 0 Å². The molecule has 0 aliphatic heterocycles. The number of carbonyl (C=O) groups is 4. The first kappa shape index (κ1) is 20.1. The van der Waals surface area contributed by atoms with Crippen molar-refractivity contribution in [2.24, 2.45) is 0 Å². The van der Waals surface area contributed by atoms with E-state index in [1.165, 1.54) is 24.3 Å². The summed E-state index contributed by atoms with van der Waals surface area (Å²) in [5, 5.41) is 0. The molecule has 130 valence electrons. The molecule has 0 fully saturated rings. The number of hydrazine groups is 2. The van der Waals surface area contributed by atoms with E-state index in [2.05, 4.69) is 53.6 Å². The van der Waals surface area contributed by atoms with Crippen LogP contribution in [0.2, 0.25) is 0 Å². The fourth-order valence-electron chi connectivity index (χ4n) is 1.38. The van der Waals surface area contributed by atoms with Gasteiger partial charge in [0, 0.05) is 11.1 Å². The second-order valence-corrected chi connectivity index (χ2v) is 7.45. The second-order valence-electron chi connectivity index (χ2n) is 4.70. The molecular formula is C14H16Br2N4O4. The van der Waals surface area contributed by atoms with Crippen molar-refractivity contribution < 1.29 is 19.2 Å². The second kappa shape index (κ2) is 9.38. The van der Waals surface area contributed by atoms with E-state index in [9.17, 15) is 19.2 Å². The highest BCUT2D eigenvalue weighted by Gasteiger charge is 2.14. The van der Waals surface area contributed by atoms with Gasteiger partial charge in [-0.2, -0.15) is 0 Å². The van der Waals surface area contributed by atoms with Crippen LogP contribution in [0.5, 0.6) is 0 Å². The highest BCUT2D eigenvalue weighted by atomic mass is 79.9. The largest absolute Gasteiger partial charge is 0.272 e. The van der Waals surface area contributed by atoms with Crippen LogP contribution in [-0.2, 0) is 9.59 Å². The molecule has 4 N–H and O–H groups in total. The average Bonchev–Trinajstić information content (AvgIpc) is 2.56. The minimum Gasteiger partial charge on any atom is -0.272 e. The molecule has 0 bridgehead atoms. The first-order chi connectivity index (χ1) is 11.2. The lowest BCUT2D eigenvalue weighted by atomic mass is 10.1. The van der Waals surface area contributed by atoms with Crippen LogP contribution < -0.4 is 21.7 Å². The van der Waals surface area contributed by atoms with Gasteiger partial charge in [0.05, 0.1) is 9.65 Å². The molecule has 1 rings (SSSR count). The van der Waals surface area contributed by atoms with Crippen molar-refractivity contribution in [3.05, 3.63) is 35.4 Å². The zero-order chi connectivity index (χ0) is 18.3. The minimum absolute atomic E-state index is 0.172. The van der Waals surface area contributed by atoms with Crippen LogP contribution in [0, 0.1) is 0 Å². The highest BCUT2D eigenvalue weighted by Crippen LogP contribution is 2.05. The molecule has 2 atom stereocenters. The minimum atomic E-state index is -0.579. The smallest absolute Gasteiger partial charge is 0.269 e. The Morgan fingerprint density at radius 2 is 1.17 bits per heavy atom. The summed E-state index contributed by atoms with van der Waals surface area (Å²) in [6, 6.07) is 5.80. The first-order valence-corrected chi connectivity index (χ1v) is 8.64. The number of halogens is 2. The number of benzene rings is 1. The first-order valence-electron chi connectivity index (χ1n) is 6.81. The Kier molecular flexibility index (Phi) is 7.86. The number of rotatable bonds is 4. The zero-order valence-electron chi connectivity index (χ0n) is 12.9. The number of hydrogen-bond donors (Lipinski definition) is 4. The molecule has 0 aliphatic rings. The Morgan fingerprint density at radius 3 is 1.50 bits per heavy atom. The van der Waals surface area contributed by atoms with Gasteiger partial charge < -0.3 is 0 Å². The lowest BCUT2D eigenvalue weighted by Crippen LogP contribution is -2.45. The van der Waals surface area contributed by atoms with Crippen LogP contribution >= 0.6 is 31.9 Å². The van der Waals surface area contributed by atoms with E-state index in [-0.39, 0.29) is 11.1 Å². The maximum absolute atomic E-state index is 12.0. The Bertz CT molecular complexity index is 598. The van der Waals surface area contributed by atoms with Crippen molar-refractivity contribution in [3.63, 3.8) is 0 Å². The molecule has 24 heavy (non-hydrogen) atoms. The van der Waals surface area contributed by atoms with E-state index in [4.69, 9.17) is 0 Å². The van der Waals surface area contributed by atoms with Crippen LogP contribution in [0.1, 0.15) is 34.6 Å². The van der Waals surface area contributed by atoms with Gasteiger partial charge in [-0.25, -0.2) is 0 Å². The molecule has 0 unspecified atom stereocenters. The summed E-state index contributed by atoms with van der Waals surface area (Å²) >= 11 is 6.12. The van der Waals surface area contributed by atoms with E-state index in [0.29, 0.717) is 0 Å². The summed E-state index contributed by atoms with van der Waals surface area (Å²) in [5.41, 5.74) is 9.28. The third-order valence-corrected chi connectivity index (χ3v) is 3.54. The standard InChI is InChI=1S/C14H16Br2N4O4/c1-7(15)11(21)17-19-13(23)9-4-3-5-10(6-9)14(24)20-18-12(22)8(2)16/h3-8H,1-2H3,(H,17,21)(H,18,22)(H,19,23)(H,20,24)/t7-,8-/m1/s1. The number of amides is 4. The SMILES string of the molecule is C[C@@H](Br)C(=O)NNC(=O)c1cccc(C(=O)NNC(=O)[C@@H](C)Br)c1. The molecular weight excluding hydrogens is 448 g/mol. The summed E-state index contributed by atoms with van der Waals surface area (Å²) < 4.78 is 0. The van der Waals surface area contributed by atoms with E-state index in [1.807, 2.05) is 0 Å². The maximum Gasteiger partial charge on any atom is 0.269 e. The lowest BCUT2D eigenvalue weighted by Gasteiger charge is -2.10. The van der Waals surface area contributed by atoms with E-state index >= 15 is 0 Å². The molecule has 0 saturated heterocycles. The van der Waals surface area contributed by atoms with Gasteiger partial charge in [-0.05, 0) is 32.0 Å². The predicted molar refractivity (Wildman–Crippen MR) is 94.4 cm³/mol. The maximum atomic E-state index is 12.0. The van der Waals surface area contributed by atoms with Crippen molar-refractivity contribution in [2.45, 2.75) is 23.5 Å². The lowest BCUT2D eigenvalue weighted by molar-refractivity contribution is -0.121. The molecule has 0 saturated carbocycles. The van der Waals surface area contributed by atoms with E-state index in [1.54, 1.807) is 13.8 Å². The molecule has 1 aromatic carbocycles. The van der Waals surface area contributed by atoms with Crippen molar-refractivity contribution in [1.82, 2.24) is 21.7 Å². The molecule has 10 heteroatoms. The molecule has 8 nitrogen and oxygen atoms in total. The molecule has 0 aromatic heterocycles. The van der Waals surface area contributed by atoms with Gasteiger partial charge >= 0.3 is 0 Å². The van der Waals surface area contributed by atoms with Crippen LogP contribution in [0.15, 0.2) is 24.3 Å². The van der Waals surface area contributed by atoms with Gasteiger partial charge in [0.1, 0.15) is 0 Å². The van der Waals surface area contributed by atoms with Gasteiger partial charge in [0.15, 0.2) is 0 Å². The van der Waals surface area contributed by atoms with Gasteiger partial charge in [-0.1, -0.05) is 37.9 Å². The summed E-state index contributed by atoms with van der Waals surface area (Å²) in [6.07, 6.45) is 0. The molecule has 0 aliphatic carbocycles. The number of hydrogen-bond acceptors (Lipinski definition) is 4. The molecule has 1 aromatic rings. The molecule has 0 heterocycles. The Balaban J connectivity index is 2.68. The number of alkyl halides is 2. The zero-order valence-corrected chi connectivity index (χ0v) is 16.0. The predicted octanol–water partition coefficient (Wildman–Crippen LogP) is 0.775. The fraction of sp³-hybridized carbons (Fsp3) is 0.286. The van der Waals surface area contributed by atoms with Crippen molar-refractivity contribution in [2.75, 3.05) is 0 Å². The third kappa shape index (κ3) is 6.28. The van der Waals surface area contributed by atoms with Gasteiger partial charge in [0.25, 0.3) is 23.6 Å². The summed E-state index contributed by atoms with van der Waals surface area (Å²) in [6.45, 7) is 3.21. The van der Waals surface area contributed by atoms with Gasteiger partial charge in [0.2, 0.25) is 0 Å². The molecule has 4 amide bonds. The Labute approximate surface area is 155 Å². The van der Waals surface area contributed by atoms with Crippen LogP contribution in [-0.4, -0.2) is 33.3 Å². The van der Waals surface area contributed by atoms with Crippen LogP contribution in [0.4, 0.5) is 0 Å². The van der Waals surface area contributed by atoms with Crippen LogP contribution in [0.25, 0.3) is 0 Å². The van der Waals surface area contributed by atoms with Crippen molar-refractivity contribution in [1.29, 1.82) is 0 Å². The van der Waals surface area contributed by atoms with E-state index < -0.39 is 33.3 Å². The molecule has 0 spiro atoms. The normalized spacial score (nSPS) is 12.5. The quantitative estimate of drug-likeness (QED) is 0.390.